The maximum absolute atomic E-state index is 13.5. The lowest BCUT2D eigenvalue weighted by Gasteiger charge is -2.19. The third-order valence-corrected chi connectivity index (χ3v) is 6.66. The van der Waals surface area contributed by atoms with Crippen molar-refractivity contribution in [1.29, 1.82) is 0 Å². The molecule has 1 atom stereocenters. The van der Waals surface area contributed by atoms with Crippen LogP contribution in [-0.2, 0) is 18.5 Å². The third-order valence-electron chi connectivity index (χ3n) is 6.37. The van der Waals surface area contributed by atoms with Crippen molar-refractivity contribution >= 4 is 29.0 Å². The maximum Gasteiger partial charge on any atom is 0.272 e. The molecule has 33 heavy (non-hydrogen) atoms. The summed E-state index contributed by atoms with van der Waals surface area (Å²) in [5.74, 6) is -1.50. The molecule has 1 aliphatic carbocycles. The fourth-order valence-electron chi connectivity index (χ4n) is 4.60. The number of rotatable bonds is 7. The second-order valence-electron chi connectivity index (χ2n) is 8.48. The van der Waals surface area contributed by atoms with Crippen LogP contribution in [0, 0.1) is 12.7 Å². The van der Waals surface area contributed by atoms with E-state index >= 15 is 0 Å². The predicted octanol–water partition coefficient (Wildman–Crippen LogP) is 2.69. The Hall–Kier alpha value is -3.08. The number of halogens is 2. The summed E-state index contributed by atoms with van der Waals surface area (Å²) in [6.07, 6.45) is 2.98. The Balaban J connectivity index is 1.42. The highest BCUT2D eigenvalue weighted by Crippen LogP contribution is 2.44. The van der Waals surface area contributed by atoms with E-state index in [0.717, 1.165) is 25.0 Å². The zero-order chi connectivity index (χ0) is 23.3. The summed E-state index contributed by atoms with van der Waals surface area (Å²) in [4.78, 5) is 26.4. The number of aliphatic hydroxyl groups excluding tert-OH is 1. The third kappa shape index (κ3) is 3.73. The fourth-order valence-corrected chi connectivity index (χ4v) is 4.78. The van der Waals surface area contributed by atoms with Crippen LogP contribution >= 0.6 is 11.6 Å². The molecule has 172 valence electrons. The highest BCUT2D eigenvalue weighted by atomic mass is 35.5. The van der Waals surface area contributed by atoms with Crippen molar-refractivity contribution in [1.82, 2.24) is 25.3 Å². The summed E-state index contributed by atoms with van der Waals surface area (Å²) in [6, 6.07) is 3.92. The molecule has 1 aliphatic heterocycles. The number of ketones is 1. The lowest BCUT2D eigenvalue weighted by Crippen LogP contribution is -2.44. The molecule has 0 spiro atoms. The average molecular weight is 473 g/mol. The minimum atomic E-state index is -1.46. The first kappa shape index (κ1) is 21.7. The van der Waals surface area contributed by atoms with Crippen LogP contribution in [0.4, 0.5) is 10.1 Å². The summed E-state index contributed by atoms with van der Waals surface area (Å²) in [7, 11) is 0. The first-order chi connectivity index (χ1) is 15.8. The summed E-state index contributed by atoms with van der Waals surface area (Å²) >= 11 is 5.82. The summed E-state index contributed by atoms with van der Waals surface area (Å²) in [5, 5.41) is 26.8. The number of aromatic amines is 1. The monoisotopic (exact) mass is 472 g/mol. The highest BCUT2D eigenvalue weighted by molar-refractivity contribution is 6.31. The molecule has 11 heteroatoms. The number of hydrogen-bond acceptors (Lipinski definition) is 6. The summed E-state index contributed by atoms with van der Waals surface area (Å²) < 4.78 is 15.3. The van der Waals surface area contributed by atoms with Crippen LogP contribution in [-0.4, -0.2) is 43.0 Å². The van der Waals surface area contributed by atoms with Gasteiger partial charge in [0.2, 0.25) is 5.78 Å². The minimum Gasteiger partial charge on any atom is -0.371 e. The highest BCUT2D eigenvalue weighted by Gasteiger charge is 2.49. The Morgan fingerprint density at radius 1 is 1.36 bits per heavy atom. The molecule has 2 aromatic heterocycles. The number of Topliss-reactive ketones (excluding diaryl/α,β-unsaturated/α-hetero) is 1. The van der Waals surface area contributed by atoms with Gasteiger partial charge in [0.15, 0.2) is 6.23 Å². The Morgan fingerprint density at radius 3 is 2.82 bits per heavy atom. The van der Waals surface area contributed by atoms with Crippen molar-refractivity contribution < 1.29 is 19.1 Å². The van der Waals surface area contributed by atoms with Gasteiger partial charge in [0.25, 0.3) is 5.91 Å². The molecule has 0 bridgehead atoms. The van der Waals surface area contributed by atoms with Crippen molar-refractivity contribution in [2.75, 3.05) is 5.32 Å². The number of fused-ring (bicyclic) bond motifs is 1. The normalized spacial score (nSPS) is 17.0. The Labute approximate surface area is 193 Å². The Bertz CT molecular complexity index is 1250. The maximum atomic E-state index is 13.5. The van der Waals surface area contributed by atoms with Gasteiger partial charge in [-0.2, -0.15) is 15.4 Å². The van der Waals surface area contributed by atoms with Gasteiger partial charge in [0.05, 0.1) is 16.8 Å². The molecule has 2 aliphatic rings. The van der Waals surface area contributed by atoms with E-state index in [0.29, 0.717) is 41.2 Å². The van der Waals surface area contributed by atoms with E-state index in [1.807, 2.05) is 4.57 Å². The molecule has 3 heterocycles. The van der Waals surface area contributed by atoms with Gasteiger partial charge in [-0.1, -0.05) is 11.6 Å². The first-order valence-electron chi connectivity index (χ1n) is 10.7. The van der Waals surface area contributed by atoms with Gasteiger partial charge in [0, 0.05) is 23.5 Å². The Kier molecular flexibility index (Phi) is 5.31. The first-order valence-corrected chi connectivity index (χ1v) is 11.0. The van der Waals surface area contributed by atoms with Crippen LogP contribution < -0.4 is 10.6 Å². The van der Waals surface area contributed by atoms with Crippen LogP contribution in [0.3, 0.4) is 0 Å². The van der Waals surface area contributed by atoms with Gasteiger partial charge in [-0.25, -0.2) is 4.39 Å². The van der Waals surface area contributed by atoms with Gasteiger partial charge in [-0.05, 0) is 56.4 Å². The van der Waals surface area contributed by atoms with Crippen LogP contribution in [0.1, 0.15) is 57.1 Å². The largest absolute Gasteiger partial charge is 0.371 e. The van der Waals surface area contributed by atoms with Crippen molar-refractivity contribution in [3.05, 3.63) is 63.4 Å². The molecule has 3 aromatic rings. The zero-order valence-electron chi connectivity index (χ0n) is 17.8. The number of aromatic nitrogens is 4. The second kappa shape index (κ2) is 8.05. The number of nitrogens with zero attached hydrogens (tertiary/aromatic N) is 3. The van der Waals surface area contributed by atoms with Crippen molar-refractivity contribution in [2.45, 2.75) is 50.9 Å². The van der Waals surface area contributed by atoms with Crippen LogP contribution in [0.15, 0.2) is 24.4 Å². The summed E-state index contributed by atoms with van der Waals surface area (Å²) in [5.41, 5.74) is 2.32. The van der Waals surface area contributed by atoms with Gasteiger partial charge >= 0.3 is 0 Å². The van der Waals surface area contributed by atoms with Crippen LogP contribution in [0.2, 0.25) is 5.02 Å². The number of carbonyl (C=O) groups is 2. The van der Waals surface area contributed by atoms with Crippen LogP contribution in [0.25, 0.3) is 0 Å². The van der Waals surface area contributed by atoms with E-state index < -0.39 is 29.3 Å². The number of anilines is 1. The SMILES string of the molecule is Cc1c(C(=O)C(O)NC2(c3cn[nH]n3)CC2)c2n(c1C(=O)Nc1ccc(F)c(Cl)c1)CCC2. The molecule has 5 rings (SSSR count). The molecule has 1 fully saturated rings. The zero-order valence-corrected chi connectivity index (χ0v) is 18.5. The van der Waals surface area contributed by atoms with E-state index in [1.54, 1.807) is 13.1 Å². The Morgan fingerprint density at radius 2 is 2.15 bits per heavy atom. The number of benzene rings is 1. The molecule has 1 unspecified atom stereocenters. The van der Waals surface area contributed by atoms with Gasteiger partial charge in [-0.15, -0.1) is 0 Å². The predicted molar refractivity (Wildman–Crippen MR) is 118 cm³/mol. The second-order valence-corrected chi connectivity index (χ2v) is 8.89. The lowest BCUT2D eigenvalue weighted by atomic mass is 10.0. The number of amides is 1. The van der Waals surface area contributed by atoms with E-state index in [-0.39, 0.29) is 5.02 Å². The van der Waals surface area contributed by atoms with Crippen molar-refractivity contribution in [3.63, 3.8) is 0 Å². The van der Waals surface area contributed by atoms with E-state index in [1.165, 1.54) is 18.2 Å². The molecule has 0 saturated heterocycles. The van der Waals surface area contributed by atoms with Gasteiger partial charge in [0.1, 0.15) is 17.2 Å². The molecular formula is C22H22ClFN6O3. The quantitative estimate of drug-likeness (QED) is 0.309. The molecular weight excluding hydrogens is 451 g/mol. The number of carbonyl (C=O) groups excluding carboxylic acids is 2. The molecule has 1 saturated carbocycles. The summed E-state index contributed by atoms with van der Waals surface area (Å²) in [6.45, 7) is 2.28. The standard InChI is InChI=1S/C22H22ClFN6O3/c1-11-17(19(31)21(33)27-22(6-7-22)16-10-25-29-28-16)15-3-2-8-30(15)18(11)20(32)26-12-4-5-14(24)13(23)9-12/h4-5,9-10,21,27,33H,2-3,6-8H2,1H3,(H,26,32)(H,25,28,29). The fraction of sp³-hybridized carbons (Fsp3) is 0.364. The number of hydrogen-bond donors (Lipinski definition) is 4. The lowest BCUT2D eigenvalue weighted by molar-refractivity contribution is 0.0622. The molecule has 4 N–H and O–H groups in total. The molecule has 9 nitrogen and oxygen atoms in total. The van der Waals surface area contributed by atoms with Crippen molar-refractivity contribution in [2.24, 2.45) is 0 Å². The van der Waals surface area contributed by atoms with E-state index in [2.05, 4.69) is 26.0 Å². The molecule has 0 radical (unpaired) electrons. The van der Waals surface area contributed by atoms with Gasteiger partial charge in [-0.3, -0.25) is 14.9 Å². The van der Waals surface area contributed by atoms with E-state index in [4.69, 9.17) is 11.6 Å². The number of aliphatic hydroxyl groups is 1. The molecule has 1 aromatic carbocycles. The van der Waals surface area contributed by atoms with Crippen LogP contribution in [0.5, 0.6) is 0 Å². The van der Waals surface area contributed by atoms with Crippen molar-refractivity contribution in [3.8, 4) is 0 Å². The number of H-pyrrole nitrogens is 1. The smallest absolute Gasteiger partial charge is 0.272 e. The number of nitrogens with one attached hydrogen (secondary N) is 3. The topological polar surface area (TPSA) is 125 Å². The van der Waals surface area contributed by atoms with Gasteiger partial charge < -0.3 is 15.0 Å². The minimum absolute atomic E-state index is 0.101. The molecule has 1 amide bonds. The van der Waals surface area contributed by atoms with E-state index in [9.17, 15) is 19.1 Å². The average Bonchev–Trinajstić information content (AvgIpc) is 3.14.